The topological polar surface area (TPSA) is 100.0 Å². The molecule has 1 aromatic heterocycles. The minimum absolute atomic E-state index is 0.00914. The lowest BCUT2D eigenvalue weighted by molar-refractivity contribution is -0.141. The number of halogens is 1. The summed E-state index contributed by atoms with van der Waals surface area (Å²) in [6.07, 6.45) is -1.75. The van der Waals surface area contributed by atoms with Gasteiger partial charge in [-0.1, -0.05) is 46.3 Å². The Hall–Kier alpha value is -3.13. The van der Waals surface area contributed by atoms with Crippen LogP contribution in [0.25, 0.3) is 22.2 Å². The van der Waals surface area contributed by atoms with Crippen molar-refractivity contribution in [1.82, 2.24) is 9.88 Å². The summed E-state index contributed by atoms with van der Waals surface area (Å²) in [5, 5.41) is 19.4. The van der Waals surface area contributed by atoms with E-state index in [1.807, 2.05) is 54.6 Å². The largest absolute Gasteiger partial charge is 0.488 e. The molecule has 0 bridgehead atoms. The van der Waals surface area contributed by atoms with Gasteiger partial charge in [0.15, 0.2) is 0 Å². The van der Waals surface area contributed by atoms with Crippen LogP contribution in [0.2, 0.25) is 0 Å². The maximum Gasteiger partial charge on any atom is 0.408 e. The van der Waals surface area contributed by atoms with Gasteiger partial charge in [-0.05, 0) is 18.2 Å². The van der Waals surface area contributed by atoms with Gasteiger partial charge in [0.1, 0.15) is 17.9 Å². The fourth-order valence-corrected chi connectivity index (χ4v) is 3.89. The molecule has 3 aromatic rings. The van der Waals surface area contributed by atoms with Crippen LogP contribution in [0, 0.1) is 0 Å². The van der Waals surface area contributed by atoms with Gasteiger partial charge in [0.2, 0.25) is 0 Å². The molecule has 8 heteroatoms. The highest BCUT2D eigenvalue weighted by Crippen LogP contribution is 2.34. The van der Waals surface area contributed by atoms with Crippen molar-refractivity contribution in [1.29, 1.82) is 0 Å². The molecule has 148 valence electrons. The zero-order valence-electron chi connectivity index (χ0n) is 15.2. The first kappa shape index (κ1) is 19.2. The van der Waals surface area contributed by atoms with Crippen molar-refractivity contribution in [2.24, 2.45) is 0 Å². The van der Waals surface area contributed by atoms with Crippen LogP contribution in [0.1, 0.15) is 6.42 Å². The number of ether oxygens (including phenoxy) is 1. The van der Waals surface area contributed by atoms with E-state index < -0.39 is 24.2 Å². The Morgan fingerprint density at radius 2 is 1.86 bits per heavy atom. The standard InChI is InChI=1S/C21H17BrN2O5/c22-13-6-7-16-15(8-13)19(10-17(23-16)12-4-2-1-3-5-12)29-14-9-18(20(25)26)24(11-14)21(27)28/h1-8,10,14,18H,9,11H2,(H,25,26)(H,27,28)/t14-,18+/m1/s1. The van der Waals surface area contributed by atoms with Gasteiger partial charge >= 0.3 is 12.1 Å². The Balaban J connectivity index is 1.73. The second kappa shape index (κ2) is 7.71. The van der Waals surface area contributed by atoms with E-state index in [0.717, 1.165) is 31.5 Å². The van der Waals surface area contributed by atoms with E-state index >= 15 is 0 Å². The Bertz CT molecular complexity index is 1070. The number of amides is 1. The summed E-state index contributed by atoms with van der Waals surface area (Å²) in [6, 6.07) is 16.0. The second-order valence-corrected chi connectivity index (χ2v) is 7.71. The number of likely N-dealkylation sites (tertiary alicyclic amines) is 1. The molecule has 0 aliphatic carbocycles. The van der Waals surface area contributed by atoms with E-state index in [9.17, 15) is 19.8 Å². The van der Waals surface area contributed by atoms with Crippen molar-refractivity contribution in [3.63, 3.8) is 0 Å². The number of benzene rings is 2. The van der Waals surface area contributed by atoms with Gasteiger partial charge in [-0.15, -0.1) is 0 Å². The van der Waals surface area contributed by atoms with Gasteiger partial charge in [0.25, 0.3) is 0 Å². The number of nitrogens with zero attached hydrogens (tertiary/aromatic N) is 2. The third-order valence-corrected chi connectivity index (χ3v) is 5.38. The number of hydrogen-bond acceptors (Lipinski definition) is 4. The molecule has 1 aliphatic heterocycles. The fourth-order valence-electron chi connectivity index (χ4n) is 3.53. The van der Waals surface area contributed by atoms with Gasteiger partial charge in [0, 0.05) is 27.9 Å². The van der Waals surface area contributed by atoms with E-state index in [0.29, 0.717) is 5.75 Å². The number of carbonyl (C=O) groups is 2. The van der Waals surface area contributed by atoms with Crippen molar-refractivity contribution in [3.8, 4) is 17.0 Å². The van der Waals surface area contributed by atoms with E-state index in [4.69, 9.17) is 9.72 Å². The molecule has 2 N–H and O–H groups in total. The van der Waals surface area contributed by atoms with Gasteiger partial charge in [-0.25, -0.2) is 14.6 Å². The number of fused-ring (bicyclic) bond motifs is 1. The summed E-state index contributed by atoms with van der Waals surface area (Å²) in [4.78, 5) is 28.5. The maximum atomic E-state index is 11.4. The molecule has 1 aliphatic rings. The molecular formula is C21H17BrN2O5. The summed E-state index contributed by atoms with van der Waals surface area (Å²) >= 11 is 3.45. The number of aromatic nitrogens is 1. The van der Waals surface area contributed by atoms with E-state index in [-0.39, 0.29) is 13.0 Å². The van der Waals surface area contributed by atoms with Crippen molar-refractivity contribution in [2.45, 2.75) is 18.6 Å². The number of carboxylic acid groups (broad SMARTS) is 2. The van der Waals surface area contributed by atoms with Crippen LogP contribution in [-0.2, 0) is 4.79 Å². The number of carboxylic acids is 1. The third-order valence-electron chi connectivity index (χ3n) is 4.89. The summed E-state index contributed by atoms with van der Waals surface area (Å²) in [5.41, 5.74) is 2.37. The van der Waals surface area contributed by atoms with E-state index in [1.165, 1.54) is 0 Å². The molecule has 2 heterocycles. The zero-order valence-corrected chi connectivity index (χ0v) is 16.7. The fraction of sp³-hybridized carbons (Fsp3) is 0.190. The van der Waals surface area contributed by atoms with Crippen LogP contribution in [0.15, 0.2) is 59.1 Å². The first-order valence-electron chi connectivity index (χ1n) is 8.97. The quantitative estimate of drug-likeness (QED) is 0.608. The third kappa shape index (κ3) is 3.88. The summed E-state index contributed by atoms with van der Waals surface area (Å²) < 4.78 is 6.99. The van der Waals surface area contributed by atoms with Crippen LogP contribution in [-0.4, -0.2) is 50.9 Å². The lowest BCUT2D eigenvalue weighted by atomic mass is 10.1. The first-order valence-corrected chi connectivity index (χ1v) is 9.76. The Morgan fingerprint density at radius 3 is 2.52 bits per heavy atom. The first-order chi connectivity index (χ1) is 13.9. The summed E-state index contributed by atoms with van der Waals surface area (Å²) in [7, 11) is 0. The molecule has 0 unspecified atom stereocenters. The summed E-state index contributed by atoms with van der Waals surface area (Å²) in [6.45, 7) is -0.00914. The smallest absolute Gasteiger partial charge is 0.408 e. The average molecular weight is 457 g/mol. The number of aliphatic carboxylic acids is 1. The molecule has 2 aromatic carbocycles. The summed E-state index contributed by atoms with van der Waals surface area (Å²) in [5.74, 6) is -0.637. The lowest BCUT2D eigenvalue weighted by Gasteiger charge is -2.17. The average Bonchev–Trinajstić information content (AvgIpc) is 3.13. The highest BCUT2D eigenvalue weighted by Gasteiger charge is 2.41. The van der Waals surface area contributed by atoms with Gasteiger partial charge < -0.3 is 14.9 Å². The van der Waals surface area contributed by atoms with Gasteiger partial charge in [0.05, 0.1) is 17.8 Å². The molecular weight excluding hydrogens is 440 g/mol. The van der Waals surface area contributed by atoms with Crippen molar-refractivity contribution in [2.75, 3.05) is 6.54 Å². The Morgan fingerprint density at radius 1 is 1.10 bits per heavy atom. The molecule has 1 amide bonds. The molecule has 4 rings (SSSR count). The number of hydrogen-bond donors (Lipinski definition) is 2. The molecule has 0 saturated carbocycles. The molecule has 29 heavy (non-hydrogen) atoms. The van der Waals surface area contributed by atoms with Crippen LogP contribution >= 0.6 is 15.9 Å². The molecule has 1 saturated heterocycles. The number of rotatable bonds is 4. The van der Waals surface area contributed by atoms with Crippen LogP contribution in [0.4, 0.5) is 4.79 Å². The highest BCUT2D eigenvalue weighted by molar-refractivity contribution is 9.10. The Labute approximate surface area is 174 Å². The van der Waals surface area contributed by atoms with Crippen LogP contribution in [0.5, 0.6) is 5.75 Å². The van der Waals surface area contributed by atoms with E-state index in [2.05, 4.69) is 15.9 Å². The van der Waals surface area contributed by atoms with Gasteiger partial charge in [-0.2, -0.15) is 0 Å². The zero-order chi connectivity index (χ0) is 20.5. The maximum absolute atomic E-state index is 11.4. The minimum Gasteiger partial charge on any atom is -0.488 e. The number of pyridine rings is 1. The molecule has 0 radical (unpaired) electrons. The van der Waals surface area contributed by atoms with Crippen molar-refractivity contribution in [3.05, 3.63) is 59.1 Å². The normalized spacial score (nSPS) is 18.7. The van der Waals surface area contributed by atoms with Crippen LogP contribution < -0.4 is 4.74 Å². The molecule has 2 atom stereocenters. The predicted octanol–water partition coefficient (Wildman–Crippen LogP) is 4.25. The monoisotopic (exact) mass is 456 g/mol. The minimum atomic E-state index is -1.27. The Kier molecular flexibility index (Phi) is 5.10. The molecule has 0 spiro atoms. The lowest BCUT2D eigenvalue weighted by Crippen LogP contribution is -2.39. The highest BCUT2D eigenvalue weighted by atomic mass is 79.9. The second-order valence-electron chi connectivity index (χ2n) is 6.80. The van der Waals surface area contributed by atoms with E-state index in [1.54, 1.807) is 0 Å². The van der Waals surface area contributed by atoms with Crippen molar-refractivity contribution < 1.29 is 24.5 Å². The molecule has 7 nitrogen and oxygen atoms in total. The SMILES string of the molecule is O=C(O)[C@@H]1C[C@@H](Oc2cc(-c3ccccc3)nc3ccc(Br)cc23)CN1C(=O)O. The predicted molar refractivity (Wildman–Crippen MR) is 110 cm³/mol. The molecule has 1 fully saturated rings. The van der Waals surface area contributed by atoms with Crippen molar-refractivity contribution >= 4 is 38.9 Å². The van der Waals surface area contributed by atoms with Gasteiger partial charge in [-0.3, -0.25) is 4.90 Å². The van der Waals surface area contributed by atoms with Crippen LogP contribution in [0.3, 0.4) is 0 Å².